The van der Waals surface area contributed by atoms with Crippen LogP contribution < -0.4 is 4.90 Å². The Morgan fingerprint density at radius 3 is 2.52 bits per heavy atom. The molecular formula is C19H20N6OS. The van der Waals surface area contributed by atoms with Crippen molar-refractivity contribution in [1.82, 2.24) is 25.1 Å². The summed E-state index contributed by atoms with van der Waals surface area (Å²) >= 11 is 1.36. The van der Waals surface area contributed by atoms with Gasteiger partial charge in [-0.05, 0) is 24.3 Å². The van der Waals surface area contributed by atoms with Gasteiger partial charge >= 0.3 is 0 Å². The van der Waals surface area contributed by atoms with Gasteiger partial charge in [-0.2, -0.15) is 0 Å². The molecule has 27 heavy (non-hydrogen) atoms. The monoisotopic (exact) mass is 380 g/mol. The van der Waals surface area contributed by atoms with Gasteiger partial charge in [-0.15, -0.1) is 5.10 Å². The van der Waals surface area contributed by atoms with E-state index in [1.54, 1.807) is 12.4 Å². The van der Waals surface area contributed by atoms with E-state index in [4.69, 9.17) is 0 Å². The Hall–Kier alpha value is -2.87. The Kier molecular flexibility index (Phi) is 5.34. The number of piperazine rings is 1. The number of para-hydroxylation sites is 1. The van der Waals surface area contributed by atoms with Crippen molar-refractivity contribution >= 4 is 23.4 Å². The molecule has 1 fully saturated rings. The molecule has 0 radical (unpaired) electrons. The number of nitrogens with one attached hydrogen (secondary N) is 1. The molecule has 4 rings (SSSR count). The Morgan fingerprint density at radius 1 is 1.04 bits per heavy atom. The van der Waals surface area contributed by atoms with E-state index >= 15 is 0 Å². The fourth-order valence-electron chi connectivity index (χ4n) is 3.02. The highest BCUT2D eigenvalue weighted by Crippen LogP contribution is 2.20. The smallest absolute Gasteiger partial charge is 0.233 e. The van der Waals surface area contributed by atoms with Crippen molar-refractivity contribution in [3.05, 3.63) is 54.9 Å². The molecule has 7 nitrogen and oxygen atoms in total. The van der Waals surface area contributed by atoms with Crippen LogP contribution in [0.15, 0.2) is 60.0 Å². The molecule has 3 aromatic rings. The molecule has 2 aromatic heterocycles. The number of amides is 1. The lowest BCUT2D eigenvalue weighted by atomic mass is 10.2. The highest BCUT2D eigenvalue weighted by atomic mass is 32.2. The molecule has 0 atom stereocenters. The summed E-state index contributed by atoms with van der Waals surface area (Å²) in [6.45, 7) is 3.19. The van der Waals surface area contributed by atoms with Gasteiger partial charge in [0.15, 0.2) is 5.82 Å². The maximum atomic E-state index is 12.5. The molecule has 0 aliphatic carbocycles. The van der Waals surface area contributed by atoms with Crippen LogP contribution in [0.3, 0.4) is 0 Å². The van der Waals surface area contributed by atoms with Gasteiger partial charge in [-0.3, -0.25) is 14.9 Å². The second-order valence-corrected chi connectivity index (χ2v) is 7.14. The number of carbonyl (C=O) groups excluding carboxylic acids is 1. The number of rotatable bonds is 5. The van der Waals surface area contributed by atoms with Gasteiger partial charge < -0.3 is 9.80 Å². The Morgan fingerprint density at radius 2 is 1.78 bits per heavy atom. The van der Waals surface area contributed by atoms with Crippen LogP contribution in [0.4, 0.5) is 5.69 Å². The van der Waals surface area contributed by atoms with E-state index in [-0.39, 0.29) is 5.91 Å². The molecule has 1 N–H and O–H groups in total. The normalized spacial score (nSPS) is 14.4. The van der Waals surface area contributed by atoms with Crippen molar-refractivity contribution in [3.8, 4) is 11.4 Å². The third-order valence-electron chi connectivity index (χ3n) is 4.50. The van der Waals surface area contributed by atoms with Crippen molar-refractivity contribution < 1.29 is 4.79 Å². The second kappa shape index (κ2) is 8.22. The Labute approximate surface area is 161 Å². The number of aromatic nitrogens is 4. The summed E-state index contributed by atoms with van der Waals surface area (Å²) < 4.78 is 0. The zero-order valence-electron chi connectivity index (χ0n) is 14.8. The zero-order valence-corrected chi connectivity index (χ0v) is 15.6. The minimum Gasteiger partial charge on any atom is -0.368 e. The first kappa shape index (κ1) is 17.5. The van der Waals surface area contributed by atoms with Crippen LogP contribution in [0.2, 0.25) is 0 Å². The van der Waals surface area contributed by atoms with Crippen LogP contribution in [-0.2, 0) is 4.79 Å². The average Bonchev–Trinajstić information content (AvgIpc) is 3.22. The van der Waals surface area contributed by atoms with Crippen molar-refractivity contribution in [2.75, 3.05) is 36.8 Å². The van der Waals surface area contributed by atoms with Gasteiger partial charge in [0.25, 0.3) is 0 Å². The summed E-state index contributed by atoms with van der Waals surface area (Å²) in [6, 6.07) is 14.1. The van der Waals surface area contributed by atoms with E-state index in [0.717, 1.165) is 31.7 Å². The summed E-state index contributed by atoms with van der Waals surface area (Å²) in [6.07, 6.45) is 3.42. The van der Waals surface area contributed by atoms with E-state index in [9.17, 15) is 4.79 Å². The predicted molar refractivity (Wildman–Crippen MR) is 106 cm³/mol. The molecule has 1 aliphatic heterocycles. The number of anilines is 1. The zero-order chi connectivity index (χ0) is 18.5. The molecule has 8 heteroatoms. The van der Waals surface area contributed by atoms with Crippen LogP contribution in [0.5, 0.6) is 0 Å². The third kappa shape index (κ3) is 4.28. The van der Waals surface area contributed by atoms with Crippen LogP contribution in [0, 0.1) is 0 Å². The molecule has 0 saturated carbocycles. The lowest BCUT2D eigenvalue weighted by molar-refractivity contribution is -0.128. The first-order chi connectivity index (χ1) is 13.3. The maximum absolute atomic E-state index is 12.5. The van der Waals surface area contributed by atoms with Gasteiger partial charge in [-0.1, -0.05) is 30.0 Å². The summed E-state index contributed by atoms with van der Waals surface area (Å²) in [4.78, 5) is 25.2. The fraction of sp³-hybridized carbons (Fsp3) is 0.263. The lowest BCUT2D eigenvalue weighted by Gasteiger charge is -2.36. The maximum Gasteiger partial charge on any atom is 0.233 e. The average molecular weight is 380 g/mol. The fourth-order valence-corrected chi connectivity index (χ4v) is 3.72. The summed E-state index contributed by atoms with van der Waals surface area (Å²) in [7, 11) is 0. The van der Waals surface area contributed by atoms with Crippen molar-refractivity contribution in [3.63, 3.8) is 0 Å². The first-order valence-electron chi connectivity index (χ1n) is 8.83. The van der Waals surface area contributed by atoms with Crippen molar-refractivity contribution in [2.45, 2.75) is 5.16 Å². The van der Waals surface area contributed by atoms with Gasteiger partial charge in [0.05, 0.1) is 5.75 Å². The minimum atomic E-state index is 0.128. The molecule has 0 unspecified atom stereocenters. The Bertz CT molecular complexity index is 877. The number of H-pyrrole nitrogens is 1. The van der Waals surface area contributed by atoms with Gasteiger partial charge in [0.1, 0.15) is 0 Å². The van der Waals surface area contributed by atoms with Crippen molar-refractivity contribution in [1.29, 1.82) is 0 Å². The number of thioether (sulfide) groups is 1. The molecule has 1 aliphatic rings. The molecule has 1 aromatic carbocycles. The van der Waals surface area contributed by atoms with Crippen LogP contribution >= 0.6 is 11.8 Å². The number of hydrogen-bond acceptors (Lipinski definition) is 6. The summed E-state index contributed by atoms with van der Waals surface area (Å²) in [5.74, 6) is 1.16. The molecule has 1 saturated heterocycles. The lowest BCUT2D eigenvalue weighted by Crippen LogP contribution is -2.49. The number of carbonyl (C=O) groups is 1. The van der Waals surface area contributed by atoms with Crippen molar-refractivity contribution in [2.24, 2.45) is 0 Å². The highest BCUT2D eigenvalue weighted by Gasteiger charge is 2.21. The predicted octanol–water partition coefficient (Wildman–Crippen LogP) is 2.31. The van der Waals surface area contributed by atoms with E-state index in [1.165, 1.54) is 17.4 Å². The quantitative estimate of drug-likeness (QED) is 0.685. The largest absolute Gasteiger partial charge is 0.368 e. The van der Waals surface area contributed by atoms with E-state index in [0.29, 0.717) is 16.7 Å². The highest BCUT2D eigenvalue weighted by molar-refractivity contribution is 7.99. The first-order valence-corrected chi connectivity index (χ1v) is 9.81. The van der Waals surface area contributed by atoms with E-state index in [2.05, 4.69) is 37.2 Å². The number of pyridine rings is 1. The molecule has 1 amide bonds. The number of hydrogen-bond donors (Lipinski definition) is 1. The minimum absolute atomic E-state index is 0.128. The van der Waals surface area contributed by atoms with Gasteiger partial charge in [0, 0.05) is 49.8 Å². The third-order valence-corrected chi connectivity index (χ3v) is 5.33. The number of aromatic amines is 1. The SMILES string of the molecule is O=C(CSc1n[nH]c(-c2ccncc2)n1)N1CCN(c2ccccc2)CC1. The topological polar surface area (TPSA) is 78.0 Å². The molecule has 138 valence electrons. The summed E-state index contributed by atoms with van der Waals surface area (Å²) in [5, 5.41) is 7.68. The standard InChI is InChI=1S/C19H20N6OS/c26-17(25-12-10-24(11-13-25)16-4-2-1-3-5-16)14-27-19-21-18(22-23-19)15-6-8-20-9-7-15/h1-9H,10-14H2,(H,21,22,23). The molecule has 3 heterocycles. The molecular weight excluding hydrogens is 360 g/mol. The number of benzene rings is 1. The van der Waals surface area contributed by atoms with Gasteiger partial charge in [0.2, 0.25) is 11.1 Å². The second-order valence-electron chi connectivity index (χ2n) is 6.19. The van der Waals surface area contributed by atoms with Gasteiger partial charge in [-0.25, -0.2) is 4.98 Å². The Balaban J connectivity index is 1.27. The van der Waals surface area contributed by atoms with Crippen LogP contribution in [-0.4, -0.2) is 62.9 Å². The van der Waals surface area contributed by atoms with E-state index < -0.39 is 0 Å². The summed E-state index contributed by atoms with van der Waals surface area (Å²) in [5.41, 5.74) is 2.14. The number of nitrogens with zero attached hydrogens (tertiary/aromatic N) is 5. The van der Waals surface area contributed by atoms with Crippen LogP contribution in [0.25, 0.3) is 11.4 Å². The van der Waals surface area contributed by atoms with Crippen LogP contribution in [0.1, 0.15) is 0 Å². The van der Waals surface area contributed by atoms with E-state index in [1.807, 2.05) is 35.2 Å². The molecule has 0 spiro atoms. The molecule has 0 bridgehead atoms.